The fourth-order valence-electron chi connectivity index (χ4n) is 7.14. The molecule has 2 aliphatic carbocycles. The third-order valence-electron chi connectivity index (χ3n) is 9.91. The highest BCUT2D eigenvalue weighted by molar-refractivity contribution is 5.83. The molecule has 0 spiro atoms. The van der Waals surface area contributed by atoms with Crippen LogP contribution >= 0.6 is 0 Å². The summed E-state index contributed by atoms with van der Waals surface area (Å²) in [6, 6.07) is 11.0. The van der Waals surface area contributed by atoms with Gasteiger partial charge in [-0.2, -0.15) is 26.3 Å². The molecule has 6 nitrogen and oxygen atoms in total. The van der Waals surface area contributed by atoms with E-state index in [9.17, 15) is 31.1 Å². The lowest BCUT2D eigenvalue weighted by atomic mass is 9.95. The topological polar surface area (TPSA) is 51.2 Å². The second kappa shape index (κ2) is 16.0. The molecule has 1 N–H and O–H groups in total. The Morgan fingerprint density at radius 3 is 1.96 bits per heavy atom. The molecule has 12 heteroatoms. The Morgan fingerprint density at radius 2 is 1.40 bits per heavy atom. The number of amides is 1. The van der Waals surface area contributed by atoms with Crippen LogP contribution in [0.3, 0.4) is 0 Å². The summed E-state index contributed by atoms with van der Waals surface area (Å²) in [7, 11) is 1.55. The number of halogens is 6. The van der Waals surface area contributed by atoms with E-state index >= 15 is 0 Å². The molecule has 2 aromatic carbocycles. The minimum absolute atomic E-state index is 0.0375. The van der Waals surface area contributed by atoms with Gasteiger partial charge >= 0.3 is 12.4 Å². The Balaban J connectivity index is 1.29. The Labute approximate surface area is 279 Å². The largest absolute Gasteiger partial charge is 0.416 e. The number of rotatable bonds is 8. The number of carbonyl (C=O) groups is 1. The van der Waals surface area contributed by atoms with Gasteiger partial charge in [0.25, 0.3) is 0 Å². The Kier molecular flexibility index (Phi) is 12.0. The summed E-state index contributed by atoms with van der Waals surface area (Å²) in [5, 5.41) is 3.79. The first-order chi connectivity index (χ1) is 22.9. The maximum atomic E-state index is 14.0. The van der Waals surface area contributed by atoms with Gasteiger partial charge < -0.3 is 15.1 Å². The van der Waals surface area contributed by atoms with Gasteiger partial charge in [0.15, 0.2) is 5.96 Å². The molecule has 2 saturated carbocycles. The minimum atomic E-state index is -4.93. The summed E-state index contributed by atoms with van der Waals surface area (Å²) in [6.07, 6.45) is 1.83. The first-order valence-electron chi connectivity index (χ1n) is 17.3. The number of guanidine groups is 1. The van der Waals surface area contributed by atoms with Gasteiger partial charge in [0.05, 0.1) is 17.2 Å². The number of nitrogens with one attached hydrogen (secondary N) is 1. The lowest BCUT2D eigenvalue weighted by molar-refractivity contribution is -0.143. The summed E-state index contributed by atoms with van der Waals surface area (Å²) < 4.78 is 80.5. The van der Waals surface area contributed by atoms with Crippen molar-refractivity contribution in [2.75, 3.05) is 39.8 Å². The fraction of sp³-hybridized carbons (Fsp3) is 0.611. The van der Waals surface area contributed by atoms with Gasteiger partial charge in [-0.1, -0.05) is 68.9 Å². The van der Waals surface area contributed by atoms with Gasteiger partial charge in [-0.25, -0.2) is 4.99 Å². The quantitative estimate of drug-likeness (QED) is 0.177. The molecule has 1 saturated heterocycles. The number of aliphatic imine (C=N–C) groups is 1. The molecule has 1 atom stereocenters. The van der Waals surface area contributed by atoms with Crippen LogP contribution in [0.4, 0.5) is 26.3 Å². The summed E-state index contributed by atoms with van der Waals surface area (Å²) in [5.41, 5.74) is -2.05. The third kappa shape index (κ3) is 9.66. The number of benzene rings is 2. The number of nitrogens with zero attached hydrogens (tertiary/aromatic N) is 4. The standard InChI is InChI=1S/C36H47F6N5O/c1-45(18-17-26-23-28(35(37,38)39)25-29(24-26)36(40,41)42)33(48)32(27-11-5-2-6-12-27)46-19-21-47(22-20-46)34(43-30-13-7-3-8-14-30)44-31-15-9-4-10-16-31/h2,5-6,11-12,23-25,30-32H,3-4,7-10,13-22H2,1H3,(H,43,44). The van der Waals surface area contributed by atoms with Crippen molar-refractivity contribution in [3.8, 4) is 0 Å². The molecular formula is C36H47F6N5O. The van der Waals surface area contributed by atoms with Crippen molar-refractivity contribution in [2.24, 2.45) is 4.99 Å². The van der Waals surface area contributed by atoms with Crippen molar-refractivity contribution in [3.05, 3.63) is 70.8 Å². The monoisotopic (exact) mass is 679 g/mol. The fourth-order valence-corrected chi connectivity index (χ4v) is 7.14. The smallest absolute Gasteiger partial charge is 0.353 e. The molecular weight excluding hydrogens is 632 g/mol. The number of alkyl halides is 6. The first-order valence-corrected chi connectivity index (χ1v) is 17.3. The van der Waals surface area contributed by atoms with Crippen LogP contribution in [0.1, 0.15) is 92.5 Å². The normalized spacial score (nSPS) is 20.1. The van der Waals surface area contributed by atoms with Crippen molar-refractivity contribution >= 4 is 11.9 Å². The van der Waals surface area contributed by atoms with E-state index in [-0.39, 0.29) is 30.5 Å². The van der Waals surface area contributed by atoms with Gasteiger partial charge in [0, 0.05) is 45.8 Å². The van der Waals surface area contributed by atoms with Crippen LogP contribution in [0.15, 0.2) is 53.5 Å². The van der Waals surface area contributed by atoms with E-state index in [1.54, 1.807) is 7.05 Å². The average Bonchev–Trinajstić information content (AvgIpc) is 3.08. The Hall–Kier alpha value is -3.28. The molecule has 1 unspecified atom stereocenters. The van der Waals surface area contributed by atoms with Crippen LogP contribution < -0.4 is 5.32 Å². The zero-order valence-electron chi connectivity index (χ0n) is 27.6. The van der Waals surface area contributed by atoms with E-state index in [1.807, 2.05) is 30.3 Å². The number of hydrogen-bond acceptors (Lipinski definition) is 3. The summed E-state index contributed by atoms with van der Waals surface area (Å²) in [4.78, 5) is 25.1. The molecule has 2 aromatic rings. The maximum absolute atomic E-state index is 14.0. The van der Waals surface area contributed by atoms with Crippen LogP contribution in [0.5, 0.6) is 0 Å². The Morgan fingerprint density at radius 1 is 0.833 bits per heavy atom. The predicted molar refractivity (Wildman–Crippen MR) is 174 cm³/mol. The van der Waals surface area contributed by atoms with E-state index in [4.69, 9.17) is 4.99 Å². The van der Waals surface area contributed by atoms with E-state index in [2.05, 4.69) is 15.1 Å². The third-order valence-corrected chi connectivity index (χ3v) is 9.91. The van der Waals surface area contributed by atoms with Crippen LogP contribution in [-0.2, 0) is 23.6 Å². The zero-order chi connectivity index (χ0) is 34.3. The molecule has 264 valence electrons. The van der Waals surface area contributed by atoms with E-state index in [0.29, 0.717) is 38.3 Å². The van der Waals surface area contributed by atoms with Gasteiger partial charge in [0.2, 0.25) is 5.91 Å². The molecule has 1 heterocycles. The lowest BCUT2D eigenvalue weighted by Gasteiger charge is -2.42. The van der Waals surface area contributed by atoms with Crippen LogP contribution in [0.25, 0.3) is 0 Å². The Bertz CT molecular complexity index is 1330. The molecule has 1 amide bonds. The summed E-state index contributed by atoms with van der Waals surface area (Å²) in [5.74, 6) is 0.710. The molecule has 1 aliphatic heterocycles. The van der Waals surface area contributed by atoms with Gasteiger partial charge in [-0.15, -0.1) is 0 Å². The molecule has 5 rings (SSSR count). The maximum Gasteiger partial charge on any atom is 0.416 e. The highest BCUT2D eigenvalue weighted by atomic mass is 19.4. The average molecular weight is 680 g/mol. The summed E-state index contributed by atoms with van der Waals surface area (Å²) in [6.45, 7) is 2.51. The molecule has 0 radical (unpaired) electrons. The summed E-state index contributed by atoms with van der Waals surface area (Å²) >= 11 is 0. The first kappa shape index (κ1) is 36.0. The minimum Gasteiger partial charge on any atom is -0.353 e. The van der Waals surface area contributed by atoms with E-state index in [0.717, 1.165) is 49.3 Å². The number of piperazine rings is 1. The number of hydrogen-bond donors (Lipinski definition) is 1. The van der Waals surface area contributed by atoms with Gasteiger partial charge in [-0.3, -0.25) is 9.69 Å². The van der Waals surface area contributed by atoms with Crippen molar-refractivity contribution in [1.82, 2.24) is 20.0 Å². The molecule has 3 fully saturated rings. The highest BCUT2D eigenvalue weighted by Gasteiger charge is 2.37. The van der Waals surface area contributed by atoms with Gasteiger partial charge in [-0.05, 0) is 61.4 Å². The van der Waals surface area contributed by atoms with Gasteiger partial charge in [0.1, 0.15) is 6.04 Å². The van der Waals surface area contributed by atoms with Crippen molar-refractivity contribution in [2.45, 2.75) is 101 Å². The molecule has 0 bridgehead atoms. The zero-order valence-corrected chi connectivity index (χ0v) is 27.6. The number of carbonyl (C=O) groups excluding carboxylic acids is 1. The van der Waals surface area contributed by atoms with E-state index in [1.165, 1.54) is 43.4 Å². The second-order valence-electron chi connectivity index (χ2n) is 13.5. The molecule has 48 heavy (non-hydrogen) atoms. The predicted octanol–water partition coefficient (Wildman–Crippen LogP) is 7.70. The van der Waals surface area contributed by atoms with Crippen molar-refractivity contribution < 1.29 is 31.1 Å². The van der Waals surface area contributed by atoms with Crippen molar-refractivity contribution in [3.63, 3.8) is 0 Å². The van der Waals surface area contributed by atoms with Crippen LogP contribution in [-0.4, -0.2) is 78.4 Å². The number of likely N-dealkylation sites (N-methyl/N-ethyl adjacent to an activating group) is 1. The SMILES string of the molecule is CN(CCc1cc(C(F)(F)F)cc(C(F)(F)F)c1)C(=O)C(c1ccccc1)N1CCN(C(=NC2CCCCC2)NC2CCCCC2)CC1. The highest BCUT2D eigenvalue weighted by Crippen LogP contribution is 2.36. The van der Waals surface area contributed by atoms with Crippen LogP contribution in [0.2, 0.25) is 0 Å². The molecule has 0 aromatic heterocycles. The van der Waals surface area contributed by atoms with Crippen molar-refractivity contribution in [1.29, 1.82) is 0 Å². The second-order valence-corrected chi connectivity index (χ2v) is 13.5. The van der Waals surface area contributed by atoms with Crippen LogP contribution in [0, 0.1) is 0 Å². The lowest BCUT2D eigenvalue weighted by Crippen LogP contribution is -2.56. The molecule has 3 aliphatic rings. The van der Waals surface area contributed by atoms with E-state index < -0.39 is 29.5 Å².